The molecule has 5 nitrogen and oxygen atoms in total. The molecule has 0 amide bonds. The van der Waals surface area contributed by atoms with Crippen molar-refractivity contribution in [1.82, 2.24) is 9.88 Å². The van der Waals surface area contributed by atoms with Gasteiger partial charge in [0.25, 0.3) is 0 Å². The molecule has 1 aliphatic carbocycles. The molecule has 0 saturated carbocycles. The molecule has 0 bridgehead atoms. The van der Waals surface area contributed by atoms with Gasteiger partial charge in [-0.15, -0.1) is 0 Å². The van der Waals surface area contributed by atoms with Gasteiger partial charge in [0.2, 0.25) is 0 Å². The van der Waals surface area contributed by atoms with Crippen LogP contribution in [0.25, 0.3) is 22.6 Å². The average Bonchev–Trinajstić information content (AvgIpc) is 2.96. The van der Waals surface area contributed by atoms with Gasteiger partial charge in [0, 0.05) is 44.9 Å². The number of benzene rings is 4. The van der Waals surface area contributed by atoms with Gasteiger partial charge in [-0.3, -0.25) is 4.99 Å². The summed E-state index contributed by atoms with van der Waals surface area (Å²) in [5.74, 6) is 0.780. The predicted molar refractivity (Wildman–Crippen MR) is 162 cm³/mol. The first kappa shape index (κ1) is 26.6. The highest BCUT2D eigenvalue weighted by atomic mass is 16.3. The minimum Gasteiger partial charge on any atom is -0.453 e. The highest BCUT2D eigenvalue weighted by Crippen LogP contribution is 2.32. The van der Waals surface area contributed by atoms with E-state index in [-0.39, 0.29) is 0 Å². The van der Waals surface area contributed by atoms with Crippen LogP contribution in [0.15, 0.2) is 94.3 Å². The van der Waals surface area contributed by atoms with Crippen molar-refractivity contribution in [3.63, 3.8) is 0 Å². The Morgan fingerprint density at radius 2 is 1.41 bits per heavy atom. The van der Waals surface area contributed by atoms with E-state index in [0.29, 0.717) is 0 Å². The second-order valence-corrected chi connectivity index (χ2v) is 10.2. The van der Waals surface area contributed by atoms with Gasteiger partial charge in [0.15, 0.2) is 11.3 Å². The molecule has 5 heteroatoms. The molecule has 0 spiro atoms. The summed E-state index contributed by atoms with van der Waals surface area (Å²) in [6, 6.07) is 29.6. The number of fused-ring (bicyclic) bond motifs is 2. The van der Waals surface area contributed by atoms with E-state index in [4.69, 9.17) is 14.4 Å². The molecule has 5 rings (SSSR count). The molecular formula is C34H38N4O. The van der Waals surface area contributed by atoms with Crippen molar-refractivity contribution in [3.05, 3.63) is 113 Å². The van der Waals surface area contributed by atoms with Crippen LogP contribution in [0.5, 0.6) is 0 Å². The lowest BCUT2D eigenvalue weighted by molar-refractivity contribution is 0.312. The van der Waals surface area contributed by atoms with Crippen LogP contribution in [-0.4, -0.2) is 50.2 Å². The predicted octanol–water partition coefficient (Wildman–Crippen LogP) is 6.42. The number of hydrogen-bond donors (Lipinski definition) is 0. The largest absolute Gasteiger partial charge is 0.453 e. The molecule has 0 unspecified atom stereocenters. The van der Waals surface area contributed by atoms with E-state index in [1.165, 1.54) is 22.3 Å². The molecule has 0 radical (unpaired) electrons. The summed E-state index contributed by atoms with van der Waals surface area (Å²) in [6.45, 7) is 8.14. The lowest BCUT2D eigenvalue weighted by atomic mass is 9.91. The summed E-state index contributed by atoms with van der Waals surface area (Å²) >= 11 is 0. The Balaban J connectivity index is 1.74. The van der Waals surface area contributed by atoms with E-state index in [0.717, 1.165) is 72.6 Å². The number of anilines is 1. The number of likely N-dealkylation sites (N-methyl/N-ethyl adjacent to an activating group) is 1. The van der Waals surface area contributed by atoms with Gasteiger partial charge in [-0.1, -0.05) is 74.5 Å². The van der Waals surface area contributed by atoms with Crippen LogP contribution in [0.3, 0.4) is 0 Å². The zero-order valence-corrected chi connectivity index (χ0v) is 23.5. The Morgan fingerprint density at radius 1 is 0.769 bits per heavy atom. The SMILES string of the molecule is CCN(CC)CCN=c1cc2oc3cc(N(C)C)ccc3nc-2c(Cc2ccccc2)c1Cc1ccccc1. The molecule has 39 heavy (non-hydrogen) atoms. The van der Waals surface area contributed by atoms with Crippen molar-refractivity contribution in [2.24, 2.45) is 4.99 Å². The highest BCUT2D eigenvalue weighted by Gasteiger charge is 2.21. The molecule has 0 saturated heterocycles. The quantitative estimate of drug-likeness (QED) is 0.200. The molecule has 3 aromatic rings. The van der Waals surface area contributed by atoms with Crippen LogP contribution < -0.4 is 10.3 Å². The summed E-state index contributed by atoms with van der Waals surface area (Å²) in [6.07, 6.45) is 1.56. The molecule has 0 aromatic heterocycles. The van der Waals surface area contributed by atoms with Gasteiger partial charge in [0.1, 0.15) is 11.2 Å². The van der Waals surface area contributed by atoms with Crippen LogP contribution in [0.4, 0.5) is 5.69 Å². The van der Waals surface area contributed by atoms with E-state index < -0.39 is 0 Å². The lowest BCUT2D eigenvalue weighted by Crippen LogP contribution is -2.27. The number of rotatable bonds is 10. The monoisotopic (exact) mass is 518 g/mol. The highest BCUT2D eigenvalue weighted by molar-refractivity contribution is 5.81. The van der Waals surface area contributed by atoms with Crippen molar-refractivity contribution in [2.45, 2.75) is 26.7 Å². The Hall–Kier alpha value is -3.96. The first-order chi connectivity index (χ1) is 19.1. The molecule has 0 N–H and O–H groups in total. The van der Waals surface area contributed by atoms with Gasteiger partial charge >= 0.3 is 0 Å². The Bertz CT molecular complexity index is 1550. The number of aromatic nitrogens is 1. The Morgan fingerprint density at radius 3 is 2.03 bits per heavy atom. The van der Waals surface area contributed by atoms with Gasteiger partial charge in [0.05, 0.1) is 11.9 Å². The van der Waals surface area contributed by atoms with Crippen LogP contribution in [0.2, 0.25) is 0 Å². The molecule has 1 heterocycles. The van der Waals surface area contributed by atoms with Gasteiger partial charge in [-0.2, -0.15) is 0 Å². The van der Waals surface area contributed by atoms with E-state index in [1.54, 1.807) is 0 Å². The maximum atomic E-state index is 6.57. The van der Waals surface area contributed by atoms with E-state index in [2.05, 4.69) is 109 Å². The van der Waals surface area contributed by atoms with E-state index in [9.17, 15) is 0 Å². The second-order valence-electron chi connectivity index (χ2n) is 10.2. The van der Waals surface area contributed by atoms with Crippen molar-refractivity contribution in [1.29, 1.82) is 0 Å². The summed E-state index contributed by atoms with van der Waals surface area (Å²) in [5, 5.41) is 0.998. The van der Waals surface area contributed by atoms with Gasteiger partial charge in [-0.05, 0) is 53.9 Å². The normalized spacial score (nSPS) is 12.1. The van der Waals surface area contributed by atoms with Crippen molar-refractivity contribution < 1.29 is 4.42 Å². The molecule has 0 atom stereocenters. The lowest BCUT2D eigenvalue weighted by Gasteiger charge is -2.19. The third-order valence-electron chi connectivity index (χ3n) is 7.41. The fraction of sp³-hybridized carbons (Fsp3) is 0.294. The maximum absolute atomic E-state index is 6.57. The van der Waals surface area contributed by atoms with Gasteiger partial charge in [-0.25, -0.2) is 4.98 Å². The molecule has 3 aromatic carbocycles. The zero-order chi connectivity index (χ0) is 27.2. The number of nitrogens with zero attached hydrogens (tertiary/aromatic N) is 4. The first-order valence-electron chi connectivity index (χ1n) is 13.9. The fourth-order valence-electron chi connectivity index (χ4n) is 5.10. The van der Waals surface area contributed by atoms with Crippen molar-refractivity contribution in [3.8, 4) is 11.5 Å². The van der Waals surface area contributed by atoms with Crippen LogP contribution in [-0.2, 0) is 12.8 Å². The van der Waals surface area contributed by atoms with Crippen molar-refractivity contribution in [2.75, 3.05) is 45.2 Å². The average molecular weight is 519 g/mol. The van der Waals surface area contributed by atoms with E-state index >= 15 is 0 Å². The summed E-state index contributed by atoms with van der Waals surface area (Å²) in [7, 11) is 4.08. The van der Waals surface area contributed by atoms with E-state index in [1.807, 2.05) is 14.1 Å². The third-order valence-corrected chi connectivity index (χ3v) is 7.41. The Labute approximate surface area is 231 Å². The minimum absolute atomic E-state index is 0.742. The molecule has 1 aliphatic heterocycles. The summed E-state index contributed by atoms with van der Waals surface area (Å²) in [5.41, 5.74) is 8.57. The number of hydrogen-bond acceptors (Lipinski definition) is 5. The molecular weight excluding hydrogens is 480 g/mol. The first-order valence-corrected chi connectivity index (χ1v) is 13.9. The molecule has 0 fully saturated rings. The fourth-order valence-corrected chi connectivity index (χ4v) is 5.10. The molecule has 2 aliphatic rings. The zero-order valence-electron chi connectivity index (χ0n) is 23.5. The van der Waals surface area contributed by atoms with Crippen LogP contribution in [0, 0.1) is 0 Å². The summed E-state index contributed by atoms with van der Waals surface area (Å²) in [4.78, 5) is 14.9. The Kier molecular flexibility index (Phi) is 8.38. The summed E-state index contributed by atoms with van der Waals surface area (Å²) < 4.78 is 6.57. The minimum atomic E-state index is 0.742. The smallest absolute Gasteiger partial charge is 0.155 e. The topological polar surface area (TPSA) is 44.9 Å². The van der Waals surface area contributed by atoms with Crippen molar-refractivity contribution >= 4 is 16.8 Å². The molecule has 200 valence electrons. The van der Waals surface area contributed by atoms with Gasteiger partial charge < -0.3 is 14.2 Å². The van der Waals surface area contributed by atoms with Crippen LogP contribution in [0.1, 0.15) is 36.1 Å². The second kappa shape index (κ2) is 12.3. The third kappa shape index (κ3) is 6.21. The maximum Gasteiger partial charge on any atom is 0.155 e. The van der Waals surface area contributed by atoms with Crippen LogP contribution >= 0.6 is 0 Å². The standard InChI is InChI=1S/C34H38N4O/c1-5-38(6-2)20-19-35-31-24-33-34(36-30-18-17-27(37(3)4)23-32(30)39-33)29(22-26-15-11-8-12-16-26)28(31)21-25-13-9-7-10-14-25/h7-18,23-24H,5-6,19-22H2,1-4H3.